The van der Waals surface area contributed by atoms with Crippen LogP contribution in [0.1, 0.15) is 29.8 Å². The Balaban J connectivity index is 1.94. The Morgan fingerprint density at radius 3 is 2.09 bits per heavy atom. The van der Waals surface area contributed by atoms with Gasteiger partial charge in [-0.1, -0.05) is 48.5 Å². The molecule has 0 radical (unpaired) electrons. The van der Waals surface area contributed by atoms with Crippen molar-refractivity contribution in [1.29, 1.82) is 0 Å². The van der Waals surface area contributed by atoms with Gasteiger partial charge in [-0.05, 0) is 31.5 Å². The Hall–Kier alpha value is -2.62. The van der Waals surface area contributed by atoms with Crippen molar-refractivity contribution in [1.82, 2.24) is 5.32 Å². The lowest BCUT2D eigenvalue weighted by Gasteiger charge is -2.24. The third kappa shape index (κ3) is 4.19. The van der Waals surface area contributed by atoms with Crippen molar-refractivity contribution in [2.75, 3.05) is 0 Å². The predicted molar refractivity (Wildman–Crippen MR) is 84.2 cm³/mol. The van der Waals surface area contributed by atoms with Crippen LogP contribution < -0.4 is 5.32 Å². The second-order valence-corrected chi connectivity index (χ2v) is 5.51. The van der Waals surface area contributed by atoms with Gasteiger partial charge in [0.25, 0.3) is 5.91 Å². The number of esters is 1. The molecule has 4 heteroatoms. The van der Waals surface area contributed by atoms with Crippen molar-refractivity contribution < 1.29 is 14.3 Å². The van der Waals surface area contributed by atoms with E-state index in [2.05, 4.69) is 5.32 Å². The molecule has 0 aliphatic rings. The molecule has 0 aliphatic carbocycles. The molecule has 1 N–H and O–H groups in total. The van der Waals surface area contributed by atoms with Crippen LogP contribution in [0.5, 0.6) is 0 Å². The van der Waals surface area contributed by atoms with E-state index in [4.69, 9.17) is 4.74 Å². The molecular weight excluding hydrogens is 278 g/mol. The fourth-order valence-electron chi connectivity index (χ4n) is 1.90. The third-order valence-corrected chi connectivity index (χ3v) is 3.19. The zero-order chi connectivity index (χ0) is 16.0. The zero-order valence-electron chi connectivity index (χ0n) is 12.7. The lowest BCUT2D eigenvalue weighted by Crippen LogP contribution is -2.50. The van der Waals surface area contributed by atoms with Gasteiger partial charge in [-0.15, -0.1) is 0 Å². The first-order valence-corrected chi connectivity index (χ1v) is 7.08. The van der Waals surface area contributed by atoms with Crippen molar-refractivity contribution in [2.45, 2.75) is 26.0 Å². The summed E-state index contributed by atoms with van der Waals surface area (Å²) in [5, 5.41) is 2.70. The van der Waals surface area contributed by atoms with Crippen LogP contribution in [-0.4, -0.2) is 17.4 Å². The maximum absolute atomic E-state index is 12.2. The van der Waals surface area contributed by atoms with Crippen LogP contribution in [0, 0.1) is 0 Å². The second-order valence-electron chi connectivity index (χ2n) is 5.51. The molecule has 2 rings (SSSR count). The third-order valence-electron chi connectivity index (χ3n) is 3.19. The second kappa shape index (κ2) is 6.89. The largest absolute Gasteiger partial charge is 0.459 e. The summed E-state index contributed by atoms with van der Waals surface area (Å²) in [4.78, 5) is 24.3. The molecular formula is C18H19NO3. The number of carbonyl (C=O) groups is 2. The van der Waals surface area contributed by atoms with Gasteiger partial charge in [0.05, 0.1) is 0 Å². The minimum absolute atomic E-state index is 0.185. The van der Waals surface area contributed by atoms with E-state index in [1.165, 1.54) is 0 Å². The topological polar surface area (TPSA) is 55.4 Å². The van der Waals surface area contributed by atoms with Crippen molar-refractivity contribution in [3.8, 4) is 0 Å². The van der Waals surface area contributed by atoms with Gasteiger partial charge in [-0.3, -0.25) is 4.79 Å². The summed E-state index contributed by atoms with van der Waals surface area (Å²) in [7, 11) is 0. The summed E-state index contributed by atoms with van der Waals surface area (Å²) < 4.78 is 5.28. The van der Waals surface area contributed by atoms with Crippen molar-refractivity contribution in [3.05, 3.63) is 71.8 Å². The quantitative estimate of drug-likeness (QED) is 0.863. The van der Waals surface area contributed by atoms with Crippen LogP contribution >= 0.6 is 0 Å². The van der Waals surface area contributed by atoms with E-state index in [1.54, 1.807) is 38.1 Å². The maximum Gasteiger partial charge on any atom is 0.331 e. The molecule has 0 atom stereocenters. The van der Waals surface area contributed by atoms with Crippen LogP contribution in [0.25, 0.3) is 0 Å². The standard InChI is InChI=1S/C18H19NO3/c1-18(2,19-16(20)15-11-7-4-8-12-15)17(21)22-13-14-9-5-3-6-10-14/h3-12H,13H2,1-2H3,(H,19,20). The molecule has 1 amide bonds. The molecule has 4 nitrogen and oxygen atoms in total. The van der Waals surface area contributed by atoms with Gasteiger partial charge in [0.1, 0.15) is 12.1 Å². The van der Waals surface area contributed by atoms with Crippen molar-refractivity contribution >= 4 is 11.9 Å². The van der Waals surface area contributed by atoms with Gasteiger partial charge < -0.3 is 10.1 Å². The van der Waals surface area contributed by atoms with Gasteiger partial charge >= 0.3 is 5.97 Å². The van der Waals surface area contributed by atoms with Gasteiger partial charge in [0.15, 0.2) is 0 Å². The first-order chi connectivity index (χ1) is 10.5. The van der Waals surface area contributed by atoms with Crippen LogP contribution in [0.3, 0.4) is 0 Å². The van der Waals surface area contributed by atoms with Crippen LogP contribution in [-0.2, 0) is 16.1 Å². The van der Waals surface area contributed by atoms with E-state index < -0.39 is 11.5 Å². The monoisotopic (exact) mass is 297 g/mol. The Labute approximate surface area is 130 Å². The van der Waals surface area contributed by atoms with Crippen molar-refractivity contribution in [3.63, 3.8) is 0 Å². The lowest BCUT2D eigenvalue weighted by molar-refractivity contribution is -0.151. The van der Waals surface area contributed by atoms with Gasteiger partial charge in [0, 0.05) is 5.56 Å². The number of rotatable bonds is 5. The van der Waals surface area contributed by atoms with Crippen LogP contribution in [0.15, 0.2) is 60.7 Å². The molecule has 0 saturated carbocycles. The molecule has 0 heterocycles. The molecule has 0 aliphatic heterocycles. The summed E-state index contributed by atoms with van der Waals surface area (Å²) in [5.74, 6) is -0.775. The van der Waals surface area contributed by atoms with Crippen LogP contribution in [0.2, 0.25) is 0 Å². The summed E-state index contributed by atoms with van der Waals surface area (Å²) in [6, 6.07) is 18.2. The molecule has 2 aromatic carbocycles. The van der Waals surface area contributed by atoms with E-state index in [9.17, 15) is 9.59 Å². The highest BCUT2D eigenvalue weighted by Crippen LogP contribution is 2.10. The number of ether oxygens (including phenoxy) is 1. The lowest BCUT2D eigenvalue weighted by atomic mass is 10.0. The summed E-state index contributed by atoms with van der Waals surface area (Å²) in [5.41, 5.74) is 0.314. The Morgan fingerprint density at radius 2 is 1.50 bits per heavy atom. The van der Waals surface area contributed by atoms with E-state index in [0.717, 1.165) is 5.56 Å². The summed E-state index contributed by atoms with van der Waals surface area (Å²) in [6.45, 7) is 3.44. The van der Waals surface area contributed by atoms with E-state index in [1.807, 2.05) is 36.4 Å². The number of amides is 1. The Morgan fingerprint density at radius 1 is 0.955 bits per heavy atom. The van der Waals surface area contributed by atoms with Gasteiger partial charge in [-0.25, -0.2) is 4.79 Å². The highest BCUT2D eigenvalue weighted by atomic mass is 16.5. The molecule has 0 spiro atoms. The average molecular weight is 297 g/mol. The minimum atomic E-state index is -1.10. The first-order valence-electron chi connectivity index (χ1n) is 7.08. The number of hydrogen-bond acceptors (Lipinski definition) is 3. The highest BCUT2D eigenvalue weighted by Gasteiger charge is 2.31. The van der Waals surface area contributed by atoms with E-state index in [-0.39, 0.29) is 12.5 Å². The Kier molecular flexibility index (Phi) is 4.94. The van der Waals surface area contributed by atoms with E-state index >= 15 is 0 Å². The van der Waals surface area contributed by atoms with Crippen molar-refractivity contribution in [2.24, 2.45) is 0 Å². The fraction of sp³-hybridized carbons (Fsp3) is 0.222. The number of nitrogens with one attached hydrogen (secondary N) is 1. The number of benzene rings is 2. The molecule has 0 saturated heterocycles. The minimum Gasteiger partial charge on any atom is -0.459 e. The molecule has 114 valence electrons. The smallest absolute Gasteiger partial charge is 0.331 e. The summed E-state index contributed by atoms with van der Waals surface area (Å²) in [6.07, 6.45) is 0. The molecule has 2 aromatic rings. The zero-order valence-corrected chi connectivity index (χ0v) is 12.7. The number of carbonyl (C=O) groups excluding carboxylic acids is 2. The highest BCUT2D eigenvalue weighted by molar-refractivity contribution is 5.97. The van der Waals surface area contributed by atoms with E-state index in [0.29, 0.717) is 5.56 Å². The SMILES string of the molecule is CC(C)(NC(=O)c1ccccc1)C(=O)OCc1ccccc1. The molecule has 0 bridgehead atoms. The van der Waals surface area contributed by atoms with Crippen LogP contribution in [0.4, 0.5) is 0 Å². The molecule has 22 heavy (non-hydrogen) atoms. The molecule has 0 unspecified atom stereocenters. The fourth-order valence-corrected chi connectivity index (χ4v) is 1.90. The molecule has 0 fully saturated rings. The average Bonchev–Trinajstić information content (AvgIpc) is 2.54. The normalized spacial score (nSPS) is 10.8. The number of hydrogen-bond donors (Lipinski definition) is 1. The Bertz CT molecular complexity index is 636. The summed E-state index contributed by atoms with van der Waals surface area (Å²) >= 11 is 0. The first kappa shape index (κ1) is 15.8. The van der Waals surface area contributed by atoms with Gasteiger partial charge in [0.2, 0.25) is 0 Å². The van der Waals surface area contributed by atoms with Gasteiger partial charge in [-0.2, -0.15) is 0 Å². The maximum atomic E-state index is 12.2. The predicted octanol–water partition coefficient (Wildman–Crippen LogP) is 2.94. The molecule has 0 aromatic heterocycles.